The van der Waals surface area contributed by atoms with Crippen molar-refractivity contribution < 1.29 is 13.2 Å². The van der Waals surface area contributed by atoms with Crippen LogP contribution in [-0.4, -0.2) is 25.1 Å². The summed E-state index contributed by atoms with van der Waals surface area (Å²) in [6, 6.07) is 8.97. The highest BCUT2D eigenvalue weighted by Gasteiger charge is 2.19. The Bertz CT molecular complexity index is 1070. The molecule has 0 aliphatic heterocycles. The van der Waals surface area contributed by atoms with E-state index in [2.05, 4.69) is 9.71 Å². The maximum atomic E-state index is 12.6. The first-order valence-corrected chi connectivity index (χ1v) is 9.77. The molecule has 6 nitrogen and oxygen atoms in total. The minimum absolute atomic E-state index is 0.0293. The molecule has 0 fully saturated rings. The fraction of sp³-hybridized carbons (Fsp3) is 0.0625. The Morgan fingerprint density at radius 1 is 1.12 bits per heavy atom. The van der Waals surface area contributed by atoms with Gasteiger partial charge in [-0.1, -0.05) is 34.8 Å². The maximum absolute atomic E-state index is 12.6. The van der Waals surface area contributed by atoms with Crippen LogP contribution < -0.4 is 9.46 Å². The summed E-state index contributed by atoms with van der Waals surface area (Å²) in [4.78, 5) is 3.87. The van der Waals surface area contributed by atoms with E-state index in [1.807, 2.05) is 0 Å². The average Bonchev–Trinajstić information content (AvgIpc) is 3.00. The lowest BCUT2D eigenvalue weighted by atomic mass is 10.2. The molecule has 3 rings (SSSR count). The van der Waals surface area contributed by atoms with Crippen molar-refractivity contribution in [1.29, 1.82) is 0 Å². The number of hydrogen-bond acceptors (Lipinski definition) is 4. The third-order valence-corrected chi connectivity index (χ3v) is 5.74. The lowest BCUT2D eigenvalue weighted by Crippen LogP contribution is -2.13. The van der Waals surface area contributed by atoms with E-state index >= 15 is 0 Å². The summed E-state index contributed by atoms with van der Waals surface area (Å²) >= 11 is 17.6. The first kappa shape index (κ1) is 18.8. The molecule has 1 heterocycles. The van der Waals surface area contributed by atoms with Crippen LogP contribution in [0.2, 0.25) is 15.2 Å². The molecule has 0 unspecified atom stereocenters. The monoisotopic (exact) mass is 431 g/mol. The third kappa shape index (κ3) is 3.91. The maximum Gasteiger partial charge on any atom is 0.263 e. The van der Waals surface area contributed by atoms with E-state index in [0.29, 0.717) is 27.3 Å². The second kappa shape index (κ2) is 7.36. The van der Waals surface area contributed by atoms with Crippen LogP contribution in [0.4, 0.5) is 5.69 Å². The Morgan fingerprint density at radius 3 is 2.50 bits per heavy atom. The number of sulfonamides is 1. The van der Waals surface area contributed by atoms with Gasteiger partial charge in [-0.25, -0.2) is 13.4 Å². The molecule has 0 atom stereocenters. The van der Waals surface area contributed by atoms with Gasteiger partial charge in [0.05, 0.1) is 23.5 Å². The van der Waals surface area contributed by atoms with Gasteiger partial charge in [-0.2, -0.15) is 0 Å². The Balaban J connectivity index is 1.95. The number of imidazole rings is 1. The quantitative estimate of drug-likeness (QED) is 0.637. The van der Waals surface area contributed by atoms with Crippen LogP contribution in [0.1, 0.15) is 0 Å². The van der Waals surface area contributed by atoms with Crippen LogP contribution in [0.15, 0.2) is 53.8 Å². The van der Waals surface area contributed by atoms with Crippen LogP contribution in [-0.2, 0) is 10.0 Å². The SMILES string of the molecule is COc1cc(NS(=O)(=O)c2ccc(Cl)cc2Cl)ccc1-n1cnc(Cl)c1. The smallest absolute Gasteiger partial charge is 0.263 e. The molecule has 0 saturated heterocycles. The minimum Gasteiger partial charge on any atom is -0.494 e. The van der Waals surface area contributed by atoms with Crippen LogP contribution >= 0.6 is 34.8 Å². The van der Waals surface area contributed by atoms with Crippen molar-refractivity contribution in [2.24, 2.45) is 0 Å². The summed E-state index contributed by atoms with van der Waals surface area (Å²) in [6.07, 6.45) is 3.13. The van der Waals surface area contributed by atoms with Crippen LogP contribution in [0.5, 0.6) is 5.75 Å². The third-order valence-electron chi connectivity index (χ3n) is 3.44. The van der Waals surface area contributed by atoms with E-state index in [1.165, 1.54) is 31.6 Å². The Morgan fingerprint density at radius 2 is 1.88 bits per heavy atom. The summed E-state index contributed by atoms with van der Waals surface area (Å²) in [5.74, 6) is 0.432. The van der Waals surface area contributed by atoms with Gasteiger partial charge in [-0.15, -0.1) is 0 Å². The predicted molar refractivity (Wildman–Crippen MR) is 102 cm³/mol. The standard InChI is InChI=1S/C16H12Cl3N3O3S/c1-25-14-7-11(3-4-13(14)22-8-16(19)20-9-22)21-26(23,24)15-5-2-10(17)6-12(15)18/h2-9,21H,1H3. The Labute approximate surface area is 165 Å². The molecule has 0 spiro atoms. The van der Waals surface area contributed by atoms with Gasteiger partial charge in [0, 0.05) is 17.3 Å². The van der Waals surface area contributed by atoms with Gasteiger partial charge in [0.25, 0.3) is 10.0 Å². The number of benzene rings is 2. The van der Waals surface area contributed by atoms with Crippen molar-refractivity contribution in [3.63, 3.8) is 0 Å². The van der Waals surface area contributed by atoms with Crippen LogP contribution in [0, 0.1) is 0 Å². The highest BCUT2D eigenvalue weighted by Crippen LogP contribution is 2.30. The number of anilines is 1. The molecule has 26 heavy (non-hydrogen) atoms. The molecule has 1 aromatic heterocycles. The van der Waals surface area contributed by atoms with Gasteiger partial charge < -0.3 is 9.30 Å². The van der Waals surface area contributed by atoms with Crippen LogP contribution in [0.3, 0.4) is 0 Å². The summed E-state index contributed by atoms with van der Waals surface area (Å²) in [7, 11) is -2.42. The van der Waals surface area contributed by atoms with Crippen molar-refractivity contribution in [3.8, 4) is 11.4 Å². The topological polar surface area (TPSA) is 73.2 Å². The van der Waals surface area contributed by atoms with Crippen molar-refractivity contribution in [3.05, 3.63) is 64.1 Å². The van der Waals surface area contributed by atoms with Gasteiger partial charge in [0.1, 0.15) is 22.1 Å². The summed E-state index contributed by atoms with van der Waals surface area (Å²) in [6.45, 7) is 0. The van der Waals surface area contributed by atoms with Gasteiger partial charge in [0.2, 0.25) is 0 Å². The largest absolute Gasteiger partial charge is 0.494 e. The normalized spacial score (nSPS) is 11.4. The second-order valence-corrected chi connectivity index (χ2v) is 8.05. The number of ether oxygens (including phenoxy) is 1. The molecule has 0 saturated carbocycles. The molecule has 0 aliphatic rings. The summed E-state index contributed by atoms with van der Waals surface area (Å²) in [5, 5.41) is 0.704. The lowest BCUT2D eigenvalue weighted by Gasteiger charge is -2.13. The lowest BCUT2D eigenvalue weighted by molar-refractivity contribution is 0.413. The van der Waals surface area contributed by atoms with Gasteiger partial charge in [-0.05, 0) is 30.3 Å². The molecule has 1 N–H and O–H groups in total. The molecule has 2 aromatic carbocycles. The molecule has 136 valence electrons. The number of halogens is 3. The number of aromatic nitrogens is 2. The van der Waals surface area contributed by atoms with Crippen molar-refractivity contribution >= 4 is 50.5 Å². The number of methoxy groups -OCH3 is 1. The van der Waals surface area contributed by atoms with Crippen molar-refractivity contribution in [2.75, 3.05) is 11.8 Å². The Kier molecular flexibility index (Phi) is 5.34. The van der Waals surface area contributed by atoms with Gasteiger partial charge in [0.15, 0.2) is 0 Å². The fourth-order valence-corrected chi connectivity index (χ4v) is 4.26. The van der Waals surface area contributed by atoms with Gasteiger partial charge >= 0.3 is 0 Å². The molecular formula is C16H12Cl3N3O3S. The van der Waals surface area contributed by atoms with E-state index in [4.69, 9.17) is 39.5 Å². The number of nitrogens with one attached hydrogen (secondary N) is 1. The van der Waals surface area contributed by atoms with E-state index in [0.717, 1.165) is 0 Å². The van der Waals surface area contributed by atoms with E-state index < -0.39 is 10.0 Å². The van der Waals surface area contributed by atoms with E-state index in [1.54, 1.807) is 29.0 Å². The first-order chi connectivity index (χ1) is 12.3. The Hall–Kier alpha value is -1.93. The molecule has 0 radical (unpaired) electrons. The molecule has 10 heteroatoms. The predicted octanol–water partition coefficient (Wildman–Crippen LogP) is 4.64. The fourth-order valence-electron chi connectivity index (χ4n) is 2.29. The zero-order valence-electron chi connectivity index (χ0n) is 13.3. The van der Waals surface area contributed by atoms with Crippen LogP contribution in [0.25, 0.3) is 5.69 Å². The van der Waals surface area contributed by atoms with E-state index in [9.17, 15) is 8.42 Å². The van der Waals surface area contributed by atoms with Gasteiger partial charge in [-0.3, -0.25) is 4.72 Å². The van der Waals surface area contributed by atoms with Crippen molar-refractivity contribution in [1.82, 2.24) is 9.55 Å². The molecule has 0 aliphatic carbocycles. The average molecular weight is 433 g/mol. The summed E-state index contributed by atoms with van der Waals surface area (Å²) in [5.41, 5.74) is 0.960. The highest BCUT2D eigenvalue weighted by atomic mass is 35.5. The highest BCUT2D eigenvalue weighted by molar-refractivity contribution is 7.92. The van der Waals surface area contributed by atoms with Crippen molar-refractivity contribution in [2.45, 2.75) is 4.90 Å². The zero-order chi connectivity index (χ0) is 18.9. The summed E-state index contributed by atoms with van der Waals surface area (Å²) < 4.78 is 34.6. The number of hydrogen-bond donors (Lipinski definition) is 1. The first-order valence-electron chi connectivity index (χ1n) is 7.16. The minimum atomic E-state index is -3.90. The number of rotatable bonds is 5. The van der Waals surface area contributed by atoms with E-state index in [-0.39, 0.29) is 9.92 Å². The molecule has 0 bridgehead atoms. The molecule has 3 aromatic rings. The molecule has 0 amide bonds. The zero-order valence-corrected chi connectivity index (χ0v) is 16.4. The number of nitrogens with zero attached hydrogens (tertiary/aromatic N) is 2. The second-order valence-electron chi connectivity index (χ2n) is 5.17. The molecular weight excluding hydrogens is 421 g/mol.